The fraction of sp³-hybridized carbons (Fsp3) is 0.300. The lowest BCUT2D eigenvalue weighted by Gasteiger charge is -2.03. The molecule has 8 heteroatoms. The highest BCUT2D eigenvalue weighted by molar-refractivity contribution is 7.83. The van der Waals surface area contributed by atoms with E-state index in [1.165, 1.54) is 7.11 Å². The van der Waals surface area contributed by atoms with Crippen molar-refractivity contribution in [1.82, 2.24) is 0 Å². The van der Waals surface area contributed by atoms with Gasteiger partial charge in [-0.15, -0.1) is 24.0 Å². The van der Waals surface area contributed by atoms with Crippen molar-refractivity contribution < 1.29 is 28.6 Å². The average Bonchev–Trinajstić information content (AvgIpc) is 2.73. The zero-order valence-electron chi connectivity index (χ0n) is 9.80. The van der Waals surface area contributed by atoms with Gasteiger partial charge >= 0.3 is 17.9 Å². The van der Waals surface area contributed by atoms with Crippen LogP contribution in [-0.4, -0.2) is 39.2 Å². The fourth-order valence-electron chi connectivity index (χ4n) is 1.24. The van der Waals surface area contributed by atoms with Crippen LogP contribution < -0.4 is 0 Å². The van der Waals surface area contributed by atoms with Gasteiger partial charge in [-0.25, -0.2) is 14.4 Å². The number of ether oxygens (including phenoxy) is 3. The molecule has 1 aromatic heterocycles. The molecule has 0 fully saturated rings. The molecule has 0 aromatic carbocycles. The lowest BCUT2D eigenvalue weighted by Crippen LogP contribution is -2.14. The van der Waals surface area contributed by atoms with Crippen LogP contribution in [0.15, 0.2) is 4.21 Å². The second-order valence-corrected chi connectivity index (χ2v) is 4.73. The number of hydrogen-bond donors (Lipinski definition) is 1. The Labute approximate surface area is 112 Å². The third kappa shape index (κ3) is 2.49. The van der Waals surface area contributed by atoms with Crippen LogP contribution in [0.2, 0.25) is 0 Å². The van der Waals surface area contributed by atoms with Gasteiger partial charge in [-0.2, -0.15) is 0 Å². The predicted octanol–water partition coefficient (Wildman–Crippen LogP) is 1.40. The number of methoxy groups -OCH3 is 3. The van der Waals surface area contributed by atoms with E-state index in [2.05, 4.69) is 26.8 Å². The number of carbonyl (C=O) groups excluding carboxylic acids is 3. The van der Waals surface area contributed by atoms with Gasteiger partial charge in [-0.1, -0.05) is 0 Å². The van der Waals surface area contributed by atoms with E-state index in [0.717, 1.165) is 25.6 Å². The van der Waals surface area contributed by atoms with Gasteiger partial charge in [0.25, 0.3) is 0 Å². The summed E-state index contributed by atoms with van der Waals surface area (Å²) < 4.78 is 13.8. The monoisotopic (exact) mass is 290 g/mol. The van der Waals surface area contributed by atoms with Gasteiger partial charge < -0.3 is 14.2 Å². The highest BCUT2D eigenvalue weighted by Gasteiger charge is 2.31. The Bertz CT molecular complexity index is 505. The Morgan fingerprint density at radius 2 is 1.33 bits per heavy atom. The van der Waals surface area contributed by atoms with Crippen LogP contribution in [0.5, 0.6) is 0 Å². The maximum absolute atomic E-state index is 11.6. The molecule has 6 nitrogen and oxygen atoms in total. The van der Waals surface area contributed by atoms with Gasteiger partial charge in [-0.05, 0) is 0 Å². The number of carbonyl (C=O) groups is 3. The first-order valence-electron chi connectivity index (χ1n) is 4.58. The van der Waals surface area contributed by atoms with Crippen LogP contribution in [0.25, 0.3) is 0 Å². The minimum Gasteiger partial charge on any atom is -0.465 e. The van der Waals surface area contributed by atoms with Crippen molar-refractivity contribution in [3.05, 3.63) is 16.0 Å². The van der Waals surface area contributed by atoms with Crippen molar-refractivity contribution in [3.63, 3.8) is 0 Å². The molecular formula is C10H10O6S2. The summed E-state index contributed by atoms with van der Waals surface area (Å²) in [6.45, 7) is 0. The van der Waals surface area contributed by atoms with Crippen molar-refractivity contribution in [3.8, 4) is 0 Å². The van der Waals surface area contributed by atoms with Gasteiger partial charge in [0.15, 0.2) is 0 Å². The van der Waals surface area contributed by atoms with Crippen molar-refractivity contribution >= 4 is 41.9 Å². The molecule has 0 radical (unpaired) electrons. The summed E-state index contributed by atoms with van der Waals surface area (Å²) in [6.07, 6.45) is 0. The van der Waals surface area contributed by atoms with E-state index in [0.29, 0.717) is 0 Å². The van der Waals surface area contributed by atoms with Crippen LogP contribution in [0.3, 0.4) is 0 Å². The lowest BCUT2D eigenvalue weighted by atomic mass is 10.1. The molecule has 0 unspecified atom stereocenters. The number of thiophene rings is 1. The molecule has 0 saturated carbocycles. The van der Waals surface area contributed by atoms with Crippen molar-refractivity contribution in [2.75, 3.05) is 21.3 Å². The molecule has 1 heterocycles. The van der Waals surface area contributed by atoms with E-state index < -0.39 is 17.9 Å². The molecule has 0 N–H and O–H groups in total. The van der Waals surface area contributed by atoms with E-state index >= 15 is 0 Å². The number of rotatable bonds is 3. The summed E-state index contributed by atoms with van der Waals surface area (Å²) in [6, 6.07) is 0. The second kappa shape index (κ2) is 5.87. The Kier molecular flexibility index (Phi) is 4.74. The third-order valence-electron chi connectivity index (χ3n) is 2.04. The van der Waals surface area contributed by atoms with Gasteiger partial charge in [-0.3, -0.25) is 0 Å². The average molecular weight is 290 g/mol. The summed E-state index contributed by atoms with van der Waals surface area (Å²) >= 11 is 4.90. The maximum Gasteiger partial charge on any atom is 0.348 e. The van der Waals surface area contributed by atoms with Crippen LogP contribution in [0.1, 0.15) is 30.4 Å². The Balaban J connectivity index is 3.51. The minimum atomic E-state index is -0.827. The molecule has 18 heavy (non-hydrogen) atoms. The SMILES string of the molecule is COC(=O)c1sc(S)c(C(=O)OC)c1C(=O)OC. The molecule has 0 bridgehead atoms. The lowest BCUT2D eigenvalue weighted by molar-refractivity contribution is 0.0539. The number of esters is 3. The first kappa shape index (κ1) is 14.5. The highest BCUT2D eigenvalue weighted by atomic mass is 32.2. The third-order valence-corrected chi connectivity index (χ3v) is 3.51. The van der Waals surface area contributed by atoms with Crippen LogP contribution in [0.4, 0.5) is 0 Å². The minimum absolute atomic E-state index is 0.0465. The normalized spacial score (nSPS) is 9.78. The molecule has 0 aliphatic heterocycles. The molecule has 0 aliphatic rings. The second-order valence-electron chi connectivity index (χ2n) is 2.96. The molecular weight excluding hydrogens is 280 g/mol. The summed E-state index contributed by atoms with van der Waals surface area (Å²) in [7, 11) is 3.46. The Morgan fingerprint density at radius 1 is 0.889 bits per heavy atom. The summed E-state index contributed by atoms with van der Waals surface area (Å²) in [5.74, 6) is -2.34. The zero-order chi connectivity index (χ0) is 13.9. The molecule has 0 amide bonds. The Hall–Kier alpha value is -1.54. The number of thiol groups is 1. The molecule has 0 atom stereocenters. The first-order chi connectivity index (χ1) is 8.47. The molecule has 1 aromatic rings. The van der Waals surface area contributed by atoms with Crippen LogP contribution in [-0.2, 0) is 14.2 Å². The highest BCUT2D eigenvalue weighted by Crippen LogP contribution is 2.33. The van der Waals surface area contributed by atoms with E-state index in [1.807, 2.05) is 0 Å². The van der Waals surface area contributed by atoms with Crippen molar-refractivity contribution in [2.24, 2.45) is 0 Å². The quantitative estimate of drug-likeness (QED) is 0.515. The number of hydrogen-bond acceptors (Lipinski definition) is 8. The van der Waals surface area contributed by atoms with E-state index in [9.17, 15) is 14.4 Å². The summed E-state index contributed by atoms with van der Waals surface area (Å²) in [4.78, 5) is 34.7. The van der Waals surface area contributed by atoms with E-state index in [4.69, 9.17) is 0 Å². The van der Waals surface area contributed by atoms with Crippen LogP contribution >= 0.6 is 24.0 Å². The molecule has 1 rings (SSSR count). The maximum atomic E-state index is 11.6. The topological polar surface area (TPSA) is 78.9 Å². The van der Waals surface area contributed by atoms with Gasteiger partial charge in [0.2, 0.25) is 0 Å². The largest absolute Gasteiger partial charge is 0.465 e. The predicted molar refractivity (Wildman–Crippen MR) is 65.6 cm³/mol. The van der Waals surface area contributed by atoms with Crippen molar-refractivity contribution in [1.29, 1.82) is 0 Å². The molecule has 0 spiro atoms. The molecule has 0 aliphatic carbocycles. The summed E-state index contributed by atoms with van der Waals surface area (Å²) in [5, 5.41) is 0. The molecule has 0 saturated heterocycles. The first-order valence-corrected chi connectivity index (χ1v) is 5.85. The summed E-state index contributed by atoms with van der Waals surface area (Å²) in [5.41, 5.74) is -0.288. The van der Waals surface area contributed by atoms with E-state index in [-0.39, 0.29) is 20.2 Å². The molecule has 98 valence electrons. The van der Waals surface area contributed by atoms with Gasteiger partial charge in [0, 0.05) is 0 Å². The van der Waals surface area contributed by atoms with Gasteiger partial charge in [0.05, 0.1) is 31.1 Å². The van der Waals surface area contributed by atoms with Gasteiger partial charge in [0.1, 0.15) is 10.4 Å². The fourth-order valence-corrected chi connectivity index (χ4v) is 2.66. The Morgan fingerprint density at radius 3 is 1.78 bits per heavy atom. The van der Waals surface area contributed by atoms with Crippen molar-refractivity contribution in [2.45, 2.75) is 4.21 Å². The van der Waals surface area contributed by atoms with E-state index in [1.54, 1.807) is 0 Å². The smallest absolute Gasteiger partial charge is 0.348 e. The standard InChI is InChI=1S/C10H10O6S2/c1-14-7(11)4-5(8(12)15-2)10(17)18-6(4)9(13)16-3/h17H,1-3H3. The zero-order valence-corrected chi connectivity index (χ0v) is 11.5. The van der Waals surface area contributed by atoms with Crippen LogP contribution in [0, 0.1) is 0 Å².